The highest BCUT2D eigenvalue weighted by atomic mass is 14.9. The van der Waals surface area contributed by atoms with Gasteiger partial charge in [0.2, 0.25) is 0 Å². The van der Waals surface area contributed by atoms with E-state index in [1.165, 1.54) is 0 Å². The van der Waals surface area contributed by atoms with Gasteiger partial charge in [-0.15, -0.1) is 0 Å². The first-order valence-corrected chi connectivity index (χ1v) is 3.89. The second-order valence-corrected chi connectivity index (χ2v) is 2.65. The van der Waals surface area contributed by atoms with Crippen LogP contribution in [0.5, 0.6) is 0 Å². The molecule has 2 rings (SSSR count). The number of H-pyrrole nitrogens is 1. The number of nitrogen functional groups attached to an aromatic ring is 1. The van der Waals surface area contributed by atoms with Crippen molar-refractivity contribution in [3.05, 3.63) is 18.1 Å². The third-order valence-corrected chi connectivity index (χ3v) is 1.83. The summed E-state index contributed by atoms with van der Waals surface area (Å²) in [4.78, 5) is 11.3. The first kappa shape index (κ1) is 7.09. The minimum atomic E-state index is 0.545. The van der Waals surface area contributed by atoms with Gasteiger partial charge in [0.05, 0.1) is 17.5 Å². The Balaban J connectivity index is 2.80. The fraction of sp³-hybridized carbons (Fsp3) is 0.250. The zero-order valence-corrected chi connectivity index (χ0v) is 6.83. The maximum atomic E-state index is 5.60. The van der Waals surface area contributed by atoms with E-state index in [0.717, 1.165) is 23.1 Å². The van der Waals surface area contributed by atoms with Crippen LogP contribution in [0, 0.1) is 0 Å². The van der Waals surface area contributed by atoms with Gasteiger partial charge in [0.15, 0.2) is 0 Å². The van der Waals surface area contributed by atoms with Crippen molar-refractivity contribution in [3.8, 4) is 0 Å². The Morgan fingerprint density at radius 1 is 1.58 bits per heavy atom. The third kappa shape index (κ3) is 0.922. The lowest BCUT2D eigenvalue weighted by Gasteiger charge is -1.98. The van der Waals surface area contributed by atoms with Crippen molar-refractivity contribution in [1.82, 2.24) is 15.0 Å². The van der Waals surface area contributed by atoms with E-state index in [-0.39, 0.29) is 0 Å². The Bertz CT molecular complexity index is 404. The van der Waals surface area contributed by atoms with Gasteiger partial charge < -0.3 is 10.7 Å². The van der Waals surface area contributed by atoms with Gasteiger partial charge in [-0.3, -0.25) is 0 Å². The summed E-state index contributed by atoms with van der Waals surface area (Å²) >= 11 is 0. The first-order valence-electron chi connectivity index (χ1n) is 3.89. The second-order valence-electron chi connectivity index (χ2n) is 2.65. The standard InChI is InChI=1S/C8H10N4/c1-2-5-8-6(10-4-11-8)3-7(9)12-5/h3-4H,2H2,1H3,(H2,9,12)(H,10,11). The molecular formula is C8H10N4. The number of nitrogens with zero attached hydrogens (tertiary/aromatic N) is 2. The number of anilines is 1. The van der Waals surface area contributed by atoms with Crippen LogP contribution in [-0.4, -0.2) is 15.0 Å². The number of fused-ring (bicyclic) bond motifs is 1. The fourth-order valence-corrected chi connectivity index (χ4v) is 1.28. The predicted octanol–water partition coefficient (Wildman–Crippen LogP) is 1.10. The molecule has 0 bridgehead atoms. The third-order valence-electron chi connectivity index (χ3n) is 1.83. The van der Waals surface area contributed by atoms with E-state index in [2.05, 4.69) is 15.0 Å². The van der Waals surface area contributed by atoms with Crippen molar-refractivity contribution in [2.24, 2.45) is 0 Å². The van der Waals surface area contributed by atoms with E-state index in [1.807, 2.05) is 6.92 Å². The molecule has 4 nitrogen and oxygen atoms in total. The van der Waals surface area contributed by atoms with Crippen LogP contribution in [0.4, 0.5) is 5.82 Å². The molecule has 0 atom stereocenters. The number of pyridine rings is 1. The molecule has 0 aliphatic heterocycles. The number of hydrogen-bond donors (Lipinski definition) is 2. The molecule has 0 spiro atoms. The first-order chi connectivity index (χ1) is 5.81. The molecule has 2 aromatic rings. The van der Waals surface area contributed by atoms with Crippen molar-refractivity contribution >= 4 is 16.9 Å². The molecule has 12 heavy (non-hydrogen) atoms. The van der Waals surface area contributed by atoms with E-state index in [1.54, 1.807) is 12.4 Å². The van der Waals surface area contributed by atoms with Crippen molar-refractivity contribution in [1.29, 1.82) is 0 Å². The molecule has 0 saturated carbocycles. The lowest BCUT2D eigenvalue weighted by molar-refractivity contribution is 1.05. The zero-order chi connectivity index (χ0) is 8.55. The number of nitrogens with two attached hydrogens (primary N) is 1. The van der Waals surface area contributed by atoms with Crippen molar-refractivity contribution in [2.45, 2.75) is 13.3 Å². The van der Waals surface area contributed by atoms with E-state index in [4.69, 9.17) is 5.73 Å². The largest absolute Gasteiger partial charge is 0.384 e. The number of aromatic nitrogens is 3. The molecule has 0 aromatic carbocycles. The number of rotatable bonds is 1. The number of nitrogens with one attached hydrogen (secondary N) is 1. The molecule has 0 aliphatic rings. The van der Waals surface area contributed by atoms with Crippen LogP contribution in [0.25, 0.3) is 11.0 Å². The van der Waals surface area contributed by atoms with Crippen LogP contribution in [0.15, 0.2) is 12.4 Å². The van der Waals surface area contributed by atoms with Crippen molar-refractivity contribution < 1.29 is 0 Å². The number of aromatic amines is 1. The average molecular weight is 162 g/mol. The smallest absolute Gasteiger partial charge is 0.125 e. The molecule has 0 aliphatic carbocycles. The summed E-state index contributed by atoms with van der Waals surface area (Å²) in [5.41, 5.74) is 8.43. The molecular weight excluding hydrogens is 152 g/mol. The highest BCUT2D eigenvalue weighted by molar-refractivity contribution is 5.79. The molecule has 2 aromatic heterocycles. The minimum absolute atomic E-state index is 0.545. The molecule has 4 heteroatoms. The highest BCUT2D eigenvalue weighted by Crippen LogP contribution is 2.15. The lowest BCUT2D eigenvalue weighted by atomic mass is 10.2. The maximum absolute atomic E-state index is 5.60. The molecule has 0 saturated heterocycles. The molecule has 0 fully saturated rings. The summed E-state index contributed by atoms with van der Waals surface area (Å²) in [6.07, 6.45) is 2.51. The van der Waals surface area contributed by atoms with Crippen LogP contribution in [-0.2, 0) is 6.42 Å². The zero-order valence-electron chi connectivity index (χ0n) is 6.83. The summed E-state index contributed by atoms with van der Waals surface area (Å²) in [7, 11) is 0. The fourth-order valence-electron chi connectivity index (χ4n) is 1.28. The number of aryl methyl sites for hydroxylation is 1. The Morgan fingerprint density at radius 3 is 3.17 bits per heavy atom. The van der Waals surface area contributed by atoms with Crippen LogP contribution in [0.1, 0.15) is 12.6 Å². The molecule has 0 radical (unpaired) electrons. The van der Waals surface area contributed by atoms with Crippen LogP contribution in [0.3, 0.4) is 0 Å². The SMILES string of the molecule is CCc1nc(N)cc2[nH]cnc12. The van der Waals surface area contributed by atoms with Crippen molar-refractivity contribution in [3.63, 3.8) is 0 Å². The molecule has 62 valence electrons. The summed E-state index contributed by atoms with van der Waals surface area (Å²) in [5, 5.41) is 0. The van der Waals surface area contributed by atoms with Gasteiger partial charge in [0.25, 0.3) is 0 Å². The summed E-state index contributed by atoms with van der Waals surface area (Å²) < 4.78 is 0. The molecule has 0 unspecified atom stereocenters. The van der Waals surface area contributed by atoms with Crippen molar-refractivity contribution in [2.75, 3.05) is 5.73 Å². The van der Waals surface area contributed by atoms with Gasteiger partial charge in [-0.1, -0.05) is 6.92 Å². The lowest BCUT2D eigenvalue weighted by Crippen LogP contribution is -1.95. The van der Waals surface area contributed by atoms with Gasteiger partial charge in [-0.25, -0.2) is 9.97 Å². The quantitative estimate of drug-likeness (QED) is 0.659. The van der Waals surface area contributed by atoms with Gasteiger partial charge in [-0.2, -0.15) is 0 Å². The van der Waals surface area contributed by atoms with Crippen LogP contribution in [0.2, 0.25) is 0 Å². The van der Waals surface area contributed by atoms with Gasteiger partial charge in [0.1, 0.15) is 11.3 Å². The molecule has 0 amide bonds. The summed E-state index contributed by atoms with van der Waals surface area (Å²) in [6, 6.07) is 1.79. The van der Waals surface area contributed by atoms with E-state index in [9.17, 15) is 0 Å². The summed E-state index contributed by atoms with van der Waals surface area (Å²) in [5.74, 6) is 0.545. The maximum Gasteiger partial charge on any atom is 0.125 e. The minimum Gasteiger partial charge on any atom is -0.384 e. The van der Waals surface area contributed by atoms with E-state index >= 15 is 0 Å². The Hall–Kier alpha value is -1.58. The predicted molar refractivity (Wildman–Crippen MR) is 47.7 cm³/mol. The molecule has 2 heterocycles. The normalized spacial score (nSPS) is 10.8. The molecule has 3 N–H and O–H groups in total. The van der Waals surface area contributed by atoms with E-state index in [0.29, 0.717) is 5.82 Å². The Morgan fingerprint density at radius 2 is 2.42 bits per heavy atom. The number of hydrogen-bond acceptors (Lipinski definition) is 3. The van der Waals surface area contributed by atoms with Gasteiger partial charge in [0, 0.05) is 6.07 Å². The monoisotopic (exact) mass is 162 g/mol. The Labute approximate surface area is 69.8 Å². The Kier molecular flexibility index (Phi) is 1.46. The van der Waals surface area contributed by atoms with Gasteiger partial charge >= 0.3 is 0 Å². The highest BCUT2D eigenvalue weighted by Gasteiger charge is 2.03. The van der Waals surface area contributed by atoms with E-state index < -0.39 is 0 Å². The second kappa shape index (κ2) is 2.48. The average Bonchev–Trinajstić information content (AvgIpc) is 2.50. The summed E-state index contributed by atoms with van der Waals surface area (Å²) in [6.45, 7) is 2.04. The van der Waals surface area contributed by atoms with Crippen LogP contribution < -0.4 is 5.73 Å². The number of imidazole rings is 1. The van der Waals surface area contributed by atoms with Crippen LogP contribution >= 0.6 is 0 Å². The van der Waals surface area contributed by atoms with Gasteiger partial charge in [-0.05, 0) is 6.42 Å². The topological polar surface area (TPSA) is 67.6 Å².